The van der Waals surface area contributed by atoms with E-state index in [0.717, 1.165) is 10.2 Å². The van der Waals surface area contributed by atoms with Crippen LogP contribution in [0.3, 0.4) is 0 Å². The largest absolute Gasteiger partial charge is 0.352 e. The third kappa shape index (κ3) is 4.01. The lowest BCUT2D eigenvalue weighted by atomic mass is 10.2. The van der Waals surface area contributed by atoms with E-state index >= 15 is 0 Å². The van der Waals surface area contributed by atoms with Crippen LogP contribution < -0.4 is 0 Å². The van der Waals surface area contributed by atoms with Crippen LogP contribution in [0, 0.1) is 6.92 Å². The van der Waals surface area contributed by atoms with E-state index in [9.17, 15) is 0 Å². The molecule has 2 saturated heterocycles. The number of hydrogen-bond donors (Lipinski definition) is 0. The molecular formula is C17H21BrN2O3. The van der Waals surface area contributed by atoms with Crippen molar-refractivity contribution in [2.75, 3.05) is 6.61 Å². The summed E-state index contributed by atoms with van der Waals surface area (Å²) in [6.07, 6.45) is 3.61. The van der Waals surface area contributed by atoms with Crippen molar-refractivity contribution in [2.24, 2.45) is 0 Å². The summed E-state index contributed by atoms with van der Waals surface area (Å²) in [4.78, 5) is 4.20. The monoisotopic (exact) mass is 380 g/mol. The van der Waals surface area contributed by atoms with E-state index in [1.807, 2.05) is 61.9 Å². The number of ether oxygens (including phenoxy) is 3. The van der Waals surface area contributed by atoms with Crippen molar-refractivity contribution in [3.63, 3.8) is 0 Å². The van der Waals surface area contributed by atoms with Crippen molar-refractivity contribution in [3.8, 4) is 0 Å². The molecule has 0 bridgehead atoms. The van der Waals surface area contributed by atoms with E-state index in [4.69, 9.17) is 14.2 Å². The smallest absolute Gasteiger partial charge is 0.164 e. The highest BCUT2D eigenvalue weighted by molar-refractivity contribution is 9.10. The Kier molecular flexibility index (Phi) is 4.87. The molecule has 0 saturated carbocycles. The van der Waals surface area contributed by atoms with Crippen LogP contribution in [0.2, 0.25) is 0 Å². The summed E-state index contributed by atoms with van der Waals surface area (Å²) in [5.41, 5.74) is 0.977. The predicted octanol–water partition coefficient (Wildman–Crippen LogP) is 3.69. The molecule has 3 unspecified atom stereocenters. The number of halogens is 1. The Morgan fingerprint density at radius 1 is 1.22 bits per heavy atom. The summed E-state index contributed by atoms with van der Waals surface area (Å²) in [7, 11) is 0. The summed E-state index contributed by atoms with van der Waals surface area (Å²) in [5, 5.41) is 0. The Labute approximate surface area is 144 Å². The van der Waals surface area contributed by atoms with Gasteiger partial charge in [0, 0.05) is 10.7 Å². The molecule has 0 radical (unpaired) electrons. The van der Waals surface area contributed by atoms with Crippen LogP contribution in [0.5, 0.6) is 0 Å². The molecule has 2 fully saturated rings. The van der Waals surface area contributed by atoms with Gasteiger partial charge in [-0.1, -0.05) is 34.1 Å². The van der Waals surface area contributed by atoms with Crippen molar-refractivity contribution < 1.29 is 14.2 Å². The van der Waals surface area contributed by atoms with Crippen molar-refractivity contribution in [2.45, 2.75) is 45.0 Å². The summed E-state index contributed by atoms with van der Waals surface area (Å²) >= 11 is 3.31. The lowest BCUT2D eigenvalue weighted by molar-refractivity contribution is -0.183. The number of rotatable bonds is 1. The fourth-order valence-electron chi connectivity index (χ4n) is 2.77. The van der Waals surface area contributed by atoms with Gasteiger partial charge in [0.25, 0.3) is 0 Å². The summed E-state index contributed by atoms with van der Waals surface area (Å²) in [6.45, 7) is 6.40. The first-order chi connectivity index (χ1) is 10.9. The molecule has 23 heavy (non-hydrogen) atoms. The zero-order valence-corrected chi connectivity index (χ0v) is 15.1. The average molecular weight is 381 g/mol. The topological polar surface area (TPSA) is 45.5 Å². The van der Waals surface area contributed by atoms with Crippen LogP contribution in [-0.2, 0) is 14.2 Å². The van der Waals surface area contributed by atoms with Gasteiger partial charge in [0.1, 0.15) is 12.2 Å². The fourth-order valence-corrected chi connectivity index (χ4v) is 3.08. The lowest BCUT2D eigenvalue weighted by Crippen LogP contribution is -2.27. The minimum Gasteiger partial charge on any atom is -0.352 e. The normalized spacial score (nSPS) is 28.1. The van der Waals surface area contributed by atoms with E-state index in [1.54, 1.807) is 6.33 Å². The molecule has 0 amide bonds. The maximum absolute atomic E-state index is 5.85. The second kappa shape index (κ2) is 6.73. The molecule has 124 valence electrons. The first kappa shape index (κ1) is 16.6. The molecule has 0 N–H and O–H groups in total. The molecule has 2 aliphatic rings. The van der Waals surface area contributed by atoms with Crippen LogP contribution in [0.25, 0.3) is 0 Å². The van der Waals surface area contributed by atoms with Crippen molar-refractivity contribution in [1.29, 1.82) is 0 Å². The molecule has 2 aromatic rings. The van der Waals surface area contributed by atoms with E-state index in [2.05, 4.69) is 20.9 Å². The second-order valence-electron chi connectivity index (χ2n) is 6.12. The van der Waals surface area contributed by atoms with Gasteiger partial charge in [-0.25, -0.2) is 4.98 Å². The maximum atomic E-state index is 5.85. The third-order valence-corrected chi connectivity index (χ3v) is 4.22. The third-order valence-electron chi connectivity index (χ3n) is 3.69. The zero-order valence-electron chi connectivity index (χ0n) is 13.5. The number of fused-ring (bicyclic) bond motifs is 1. The average Bonchev–Trinajstić information content (AvgIpc) is 3.14. The van der Waals surface area contributed by atoms with Crippen LogP contribution in [0.4, 0.5) is 0 Å². The number of aromatic nitrogens is 2. The van der Waals surface area contributed by atoms with Crippen LogP contribution >= 0.6 is 15.9 Å². The molecule has 3 atom stereocenters. The van der Waals surface area contributed by atoms with E-state index < -0.39 is 5.79 Å². The van der Waals surface area contributed by atoms with Crippen molar-refractivity contribution >= 4 is 15.9 Å². The Morgan fingerprint density at radius 2 is 1.96 bits per heavy atom. The minimum atomic E-state index is -0.507. The molecule has 3 heterocycles. The lowest BCUT2D eigenvalue weighted by Gasteiger charge is -2.22. The van der Waals surface area contributed by atoms with Gasteiger partial charge < -0.3 is 18.8 Å². The Balaban J connectivity index is 0.000000188. The Bertz CT molecular complexity index is 644. The Morgan fingerprint density at radius 3 is 2.52 bits per heavy atom. The minimum absolute atomic E-state index is 0.0303. The van der Waals surface area contributed by atoms with Crippen LogP contribution in [0.15, 0.2) is 47.3 Å². The molecule has 0 spiro atoms. The van der Waals surface area contributed by atoms with Gasteiger partial charge in [0.2, 0.25) is 0 Å². The number of nitrogens with zero attached hydrogens (tertiary/aromatic N) is 2. The summed E-state index contributed by atoms with van der Waals surface area (Å²) < 4.78 is 20.4. The Hall–Kier alpha value is -1.21. The maximum Gasteiger partial charge on any atom is 0.164 e. The van der Waals surface area contributed by atoms with Gasteiger partial charge in [0.05, 0.1) is 18.6 Å². The van der Waals surface area contributed by atoms with E-state index in [0.29, 0.717) is 6.61 Å². The van der Waals surface area contributed by atoms with E-state index in [-0.39, 0.29) is 18.4 Å². The molecular weight excluding hydrogens is 360 g/mol. The fraction of sp³-hybridized carbons (Fsp3) is 0.471. The number of benzene rings is 1. The summed E-state index contributed by atoms with van der Waals surface area (Å²) in [5.74, 6) is -0.507. The molecule has 2 aliphatic heterocycles. The molecule has 6 heteroatoms. The van der Waals surface area contributed by atoms with Gasteiger partial charge in [-0.3, -0.25) is 0 Å². The van der Waals surface area contributed by atoms with Gasteiger partial charge in [-0.2, -0.15) is 0 Å². The predicted molar refractivity (Wildman–Crippen MR) is 89.9 cm³/mol. The van der Waals surface area contributed by atoms with E-state index in [1.165, 1.54) is 0 Å². The SMILES string of the molecule is Brc1ccccc1.Cc1cn(C2OCC3OC(C)(C)OC32)cn1. The molecule has 1 aromatic heterocycles. The van der Waals surface area contributed by atoms with Gasteiger partial charge in [0.15, 0.2) is 12.0 Å². The highest BCUT2D eigenvalue weighted by atomic mass is 79.9. The summed E-state index contributed by atoms with van der Waals surface area (Å²) in [6, 6.07) is 9.97. The number of imidazole rings is 1. The second-order valence-corrected chi connectivity index (χ2v) is 7.04. The highest BCUT2D eigenvalue weighted by Crippen LogP contribution is 2.39. The first-order valence-corrected chi connectivity index (χ1v) is 8.42. The van der Waals surface area contributed by atoms with Gasteiger partial charge in [-0.15, -0.1) is 0 Å². The molecule has 1 aromatic carbocycles. The quantitative estimate of drug-likeness (QED) is 0.756. The van der Waals surface area contributed by atoms with Gasteiger partial charge >= 0.3 is 0 Å². The molecule has 0 aliphatic carbocycles. The number of hydrogen-bond acceptors (Lipinski definition) is 4. The van der Waals surface area contributed by atoms with Crippen LogP contribution in [0.1, 0.15) is 25.8 Å². The molecule has 5 nitrogen and oxygen atoms in total. The van der Waals surface area contributed by atoms with Crippen molar-refractivity contribution in [3.05, 3.63) is 53.0 Å². The molecule has 4 rings (SSSR count). The van der Waals surface area contributed by atoms with Crippen LogP contribution in [-0.4, -0.2) is 34.2 Å². The van der Waals surface area contributed by atoms with Crippen molar-refractivity contribution in [1.82, 2.24) is 9.55 Å². The highest BCUT2D eigenvalue weighted by Gasteiger charge is 2.50. The van der Waals surface area contributed by atoms with Gasteiger partial charge in [-0.05, 0) is 32.9 Å². The standard InChI is InChI=1S/C11H16N2O3.C6H5Br/c1-7-4-13(6-12-7)10-9-8(5-14-10)15-11(2,3)16-9;7-6-4-2-1-3-5-6/h4,6,8-10H,5H2,1-3H3;1-5H. The first-order valence-electron chi connectivity index (χ1n) is 7.62. The zero-order chi connectivity index (χ0) is 16.4. The number of aryl methyl sites for hydroxylation is 1.